The number of benzene rings is 2. The van der Waals surface area contributed by atoms with Gasteiger partial charge in [0.1, 0.15) is 0 Å². The van der Waals surface area contributed by atoms with Crippen molar-refractivity contribution in [3.05, 3.63) is 53.6 Å². The Kier molecular flexibility index (Phi) is 3.62. The van der Waals surface area contributed by atoms with Crippen molar-refractivity contribution in [3.8, 4) is 22.8 Å². The molecule has 0 aliphatic carbocycles. The Hall–Kier alpha value is -2.33. The summed E-state index contributed by atoms with van der Waals surface area (Å²) in [7, 11) is 4.00. The molecule has 1 heterocycles. The molecule has 0 unspecified atom stereocenters. The summed E-state index contributed by atoms with van der Waals surface area (Å²) in [5.41, 5.74) is 2.90. The third kappa shape index (κ3) is 2.90. The van der Waals surface area contributed by atoms with Crippen LogP contribution in [0.3, 0.4) is 0 Å². The van der Waals surface area contributed by atoms with Crippen LogP contribution in [0.1, 0.15) is 0 Å². The van der Waals surface area contributed by atoms with E-state index in [1.165, 1.54) is 0 Å². The second kappa shape index (κ2) is 5.58. The number of hydrogen-bond donors (Lipinski definition) is 0. The highest BCUT2D eigenvalue weighted by Crippen LogP contribution is 2.24. The highest BCUT2D eigenvalue weighted by Gasteiger charge is 2.10. The van der Waals surface area contributed by atoms with Crippen molar-refractivity contribution in [3.63, 3.8) is 0 Å². The molecular formula is C16H14ClN3O. The van der Waals surface area contributed by atoms with Crippen molar-refractivity contribution in [1.29, 1.82) is 0 Å². The average molecular weight is 300 g/mol. The molecule has 0 amide bonds. The van der Waals surface area contributed by atoms with E-state index in [1.54, 1.807) is 12.1 Å². The molecule has 0 atom stereocenters. The van der Waals surface area contributed by atoms with Crippen LogP contribution in [0.2, 0.25) is 5.02 Å². The molecule has 0 spiro atoms. The molecule has 106 valence electrons. The molecule has 21 heavy (non-hydrogen) atoms. The van der Waals surface area contributed by atoms with Crippen molar-refractivity contribution in [1.82, 2.24) is 10.1 Å². The van der Waals surface area contributed by atoms with Crippen LogP contribution in [0.4, 0.5) is 5.69 Å². The van der Waals surface area contributed by atoms with Crippen LogP contribution < -0.4 is 4.90 Å². The second-order valence-electron chi connectivity index (χ2n) is 4.87. The maximum absolute atomic E-state index is 5.87. The minimum atomic E-state index is 0.485. The van der Waals surface area contributed by atoms with Gasteiger partial charge in [0.15, 0.2) is 0 Å². The third-order valence-electron chi connectivity index (χ3n) is 3.16. The summed E-state index contributed by atoms with van der Waals surface area (Å²) in [5, 5.41) is 4.71. The van der Waals surface area contributed by atoms with Gasteiger partial charge in [0.25, 0.3) is 5.89 Å². The van der Waals surface area contributed by atoms with Crippen molar-refractivity contribution >= 4 is 17.3 Å². The Labute approximate surface area is 128 Å². The van der Waals surface area contributed by atoms with Crippen LogP contribution >= 0.6 is 11.6 Å². The molecule has 4 nitrogen and oxygen atoms in total. The Morgan fingerprint density at radius 1 is 0.905 bits per heavy atom. The van der Waals surface area contributed by atoms with Crippen molar-refractivity contribution in [2.24, 2.45) is 0 Å². The molecule has 1 aromatic heterocycles. The van der Waals surface area contributed by atoms with Crippen LogP contribution in [-0.2, 0) is 0 Å². The largest absolute Gasteiger partial charge is 0.378 e. The van der Waals surface area contributed by atoms with Gasteiger partial charge < -0.3 is 9.42 Å². The van der Waals surface area contributed by atoms with E-state index in [9.17, 15) is 0 Å². The Morgan fingerprint density at radius 3 is 2.14 bits per heavy atom. The van der Waals surface area contributed by atoms with Crippen LogP contribution in [0.15, 0.2) is 53.1 Å². The summed E-state index contributed by atoms with van der Waals surface area (Å²) in [6, 6.07) is 15.3. The first-order chi connectivity index (χ1) is 10.1. The first-order valence-corrected chi connectivity index (χ1v) is 6.89. The third-order valence-corrected chi connectivity index (χ3v) is 3.41. The number of nitrogens with zero attached hydrogens (tertiary/aromatic N) is 3. The molecule has 3 aromatic rings. The molecule has 0 saturated heterocycles. The van der Waals surface area contributed by atoms with Gasteiger partial charge in [-0.25, -0.2) is 0 Å². The van der Waals surface area contributed by atoms with Gasteiger partial charge >= 0.3 is 0 Å². The first-order valence-electron chi connectivity index (χ1n) is 6.51. The van der Waals surface area contributed by atoms with Gasteiger partial charge in [-0.2, -0.15) is 4.98 Å². The van der Waals surface area contributed by atoms with E-state index in [-0.39, 0.29) is 0 Å². The predicted molar refractivity (Wildman–Crippen MR) is 84.5 cm³/mol. The standard InChI is InChI=1S/C16H14ClN3O/c1-20(2)14-9-5-11(6-10-14)15-18-16(21-19-15)12-3-7-13(17)8-4-12/h3-10H,1-2H3. The van der Waals surface area contributed by atoms with Gasteiger partial charge in [0.2, 0.25) is 5.82 Å². The number of hydrogen-bond acceptors (Lipinski definition) is 4. The van der Waals surface area contributed by atoms with Crippen LogP contribution in [0, 0.1) is 0 Å². The van der Waals surface area contributed by atoms with Crippen molar-refractivity contribution < 1.29 is 4.52 Å². The fraction of sp³-hybridized carbons (Fsp3) is 0.125. The van der Waals surface area contributed by atoms with E-state index >= 15 is 0 Å². The second-order valence-corrected chi connectivity index (χ2v) is 5.31. The SMILES string of the molecule is CN(C)c1ccc(-c2noc(-c3ccc(Cl)cc3)n2)cc1. The van der Waals surface area contributed by atoms with E-state index in [1.807, 2.05) is 55.4 Å². The van der Waals surface area contributed by atoms with Crippen molar-refractivity contribution in [2.45, 2.75) is 0 Å². The van der Waals surface area contributed by atoms with Crippen LogP contribution in [0.25, 0.3) is 22.8 Å². The minimum absolute atomic E-state index is 0.485. The van der Waals surface area contributed by atoms with Gasteiger partial charge in [0.05, 0.1) is 0 Å². The Morgan fingerprint density at radius 2 is 1.52 bits per heavy atom. The lowest BCUT2D eigenvalue weighted by atomic mass is 10.2. The molecule has 0 N–H and O–H groups in total. The topological polar surface area (TPSA) is 42.2 Å². The maximum Gasteiger partial charge on any atom is 0.258 e. The molecule has 0 radical (unpaired) electrons. The maximum atomic E-state index is 5.87. The lowest BCUT2D eigenvalue weighted by Gasteiger charge is -2.11. The molecule has 0 fully saturated rings. The van der Waals surface area contributed by atoms with E-state index in [0.717, 1.165) is 16.8 Å². The minimum Gasteiger partial charge on any atom is -0.378 e. The highest BCUT2D eigenvalue weighted by atomic mass is 35.5. The first kappa shape index (κ1) is 13.6. The molecule has 0 bridgehead atoms. The average Bonchev–Trinajstić information content (AvgIpc) is 2.98. The summed E-state index contributed by atoms with van der Waals surface area (Å²) in [6.07, 6.45) is 0. The number of aromatic nitrogens is 2. The van der Waals surface area contributed by atoms with E-state index in [4.69, 9.17) is 16.1 Å². The number of halogens is 1. The molecule has 0 saturated carbocycles. The Balaban J connectivity index is 1.89. The highest BCUT2D eigenvalue weighted by molar-refractivity contribution is 6.30. The molecule has 5 heteroatoms. The molecule has 0 aliphatic heterocycles. The van der Waals surface area contributed by atoms with Gasteiger partial charge in [-0.05, 0) is 48.5 Å². The van der Waals surface area contributed by atoms with Crippen molar-refractivity contribution in [2.75, 3.05) is 19.0 Å². The normalized spacial score (nSPS) is 10.6. The lowest BCUT2D eigenvalue weighted by Crippen LogP contribution is -2.07. The van der Waals surface area contributed by atoms with Crippen LogP contribution in [0.5, 0.6) is 0 Å². The molecule has 0 aliphatic rings. The zero-order chi connectivity index (χ0) is 14.8. The quantitative estimate of drug-likeness (QED) is 0.729. The summed E-state index contributed by atoms with van der Waals surface area (Å²) in [5.74, 6) is 1.06. The summed E-state index contributed by atoms with van der Waals surface area (Å²) in [4.78, 5) is 6.46. The van der Waals surface area contributed by atoms with Crippen LogP contribution in [-0.4, -0.2) is 24.2 Å². The molecule has 3 rings (SSSR count). The fourth-order valence-electron chi connectivity index (χ4n) is 1.96. The summed E-state index contributed by atoms with van der Waals surface area (Å²) < 4.78 is 5.31. The Bertz CT molecular complexity index is 733. The van der Waals surface area contributed by atoms with Gasteiger partial charge in [0, 0.05) is 35.9 Å². The van der Waals surface area contributed by atoms with E-state index in [0.29, 0.717) is 16.7 Å². The van der Waals surface area contributed by atoms with E-state index < -0.39 is 0 Å². The fourth-order valence-corrected chi connectivity index (χ4v) is 2.09. The number of anilines is 1. The monoisotopic (exact) mass is 299 g/mol. The predicted octanol–water partition coefficient (Wildman–Crippen LogP) is 4.12. The van der Waals surface area contributed by atoms with Gasteiger partial charge in [-0.15, -0.1) is 0 Å². The summed E-state index contributed by atoms with van der Waals surface area (Å²) in [6.45, 7) is 0. The smallest absolute Gasteiger partial charge is 0.258 e. The zero-order valence-electron chi connectivity index (χ0n) is 11.7. The van der Waals surface area contributed by atoms with Gasteiger partial charge in [-0.1, -0.05) is 16.8 Å². The van der Waals surface area contributed by atoms with E-state index in [2.05, 4.69) is 10.1 Å². The molecule has 2 aromatic carbocycles. The van der Waals surface area contributed by atoms with Gasteiger partial charge in [-0.3, -0.25) is 0 Å². The molecular weight excluding hydrogens is 286 g/mol. The lowest BCUT2D eigenvalue weighted by molar-refractivity contribution is 0.432. The zero-order valence-corrected chi connectivity index (χ0v) is 12.5. The number of rotatable bonds is 3. The summed E-state index contributed by atoms with van der Waals surface area (Å²) >= 11 is 5.87.